The smallest absolute Gasteiger partial charge is 0.179 e. The predicted molar refractivity (Wildman–Crippen MR) is 113 cm³/mol. The molecule has 0 bridgehead atoms. The van der Waals surface area contributed by atoms with Crippen molar-refractivity contribution in [2.75, 3.05) is 0 Å². The van der Waals surface area contributed by atoms with Gasteiger partial charge in [0.25, 0.3) is 0 Å². The summed E-state index contributed by atoms with van der Waals surface area (Å²) in [6.45, 7) is 4.24. The van der Waals surface area contributed by atoms with Crippen molar-refractivity contribution in [1.82, 2.24) is 4.98 Å². The molecule has 140 valence electrons. The minimum absolute atomic E-state index is 0.125. The third-order valence-electron chi connectivity index (χ3n) is 5.90. The number of nitrogens with zero attached hydrogens (tertiary/aromatic N) is 1. The number of aliphatic hydroxyl groups is 1. The molecular weight excluding hydrogens is 438 g/mol. The fourth-order valence-corrected chi connectivity index (χ4v) is 5.10. The van der Waals surface area contributed by atoms with Crippen molar-refractivity contribution >= 4 is 27.5 Å². The van der Waals surface area contributed by atoms with Gasteiger partial charge in [0.05, 0.1) is 5.02 Å². The Morgan fingerprint density at radius 3 is 2.57 bits per heavy atom. The summed E-state index contributed by atoms with van der Waals surface area (Å²) in [5, 5.41) is 12.6. The number of rotatable bonds is 2. The number of pyridine rings is 1. The Hall–Kier alpha value is -2.14. The van der Waals surface area contributed by atoms with E-state index in [2.05, 4.69) is 39.6 Å². The monoisotopic (exact) mass is 453 g/mol. The van der Waals surface area contributed by atoms with Gasteiger partial charge in [-0.05, 0) is 35.3 Å². The van der Waals surface area contributed by atoms with E-state index in [0.717, 1.165) is 15.6 Å². The number of hydrogen-bond acceptors (Lipinski definition) is 3. The molecule has 2 heterocycles. The zero-order valence-corrected chi connectivity index (χ0v) is 17.2. The Labute approximate surface area is 176 Å². The average molecular weight is 455 g/mol. The molecule has 1 aliphatic heterocycles. The highest BCUT2D eigenvalue weighted by Crippen LogP contribution is 2.67. The van der Waals surface area contributed by atoms with Gasteiger partial charge in [0, 0.05) is 22.7 Å². The Morgan fingerprint density at radius 1 is 1.14 bits per heavy atom. The van der Waals surface area contributed by atoms with E-state index in [1.807, 2.05) is 42.5 Å². The first-order valence-electron chi connectivity index (χ1n) is 9.03. The standard InChI is InChI=1S/C23H17BrClNO2/c1-14-11-19(15-5-3-2-4-6-15)23(16-7-9-17(24)10-8-16)22(14,27)21-20(28-23)12-18(25)13-26-21/h2-10,12-13,19,27H,1,11H2/t19-,22+,23-/m0/s1. The van der Waals surface area contributed by atoms with Crippen molar-refractivity contribution in [2.45, 2.75) is 23.5 Å². The molecule has 5 rings (SSSR count). The lowest BCUT2D eigenvalue weighted by atomic mass is 9.72. The van der Waals surface area contributed by atoms with Crippen molar-refractivity contribution in [3.63, 3.8) is 0 Å². The molecule has 1 aromatic heterocycles. The van der Waals surface area contributed by atoms with Crippen LogP contribution in [-0.2, 0) is 11.2 Å². The molecule has 0 unspecified atom stereocenters. The van der Waals surface area contributed by atoms with Crippen LogP contribution in [0.1, 0.15) is 29.2 Å². The second-order valence-corrected chi connectivity index (χ2v) is 8.68. The van der Waals surface area contributed by atoms with Gasteiger partial charge in [-0.3, -0.25) is 4.98 Å². The van der Waals surface area contributed by atoms with E-state index >= 15 is 0 Å². The summed E-state index contributed by atoms with van der Waals surface area (Å²) in [6, 6.07) is 19.7. The molecule has 1 fully saturated rings. The van der Waals surface area contributed by atoms with Crippen LogP contribution in [0, 0.1) is 0 Å². The van der Waals surface area contributed by atoms with Crippen molar-refractivity contribution in [2.24, 2.45) is 0 Å². The number of benzene rings is 2. The van der Waals surface area contributed by atoms with Crippen LogP contribution in [0.15, 0.2) is 83.5 Å². The molecule has 1 saturated carbocycles. The average Bonchev–Trinajstić information content (AvgIpc) is 3.09. The summed E-state index contributed by atoms with van der Waals surface area (Å²) >= 11 is 9.67. The normalized spacial score (nSPS) is 28.0. The molecule has 0 spiro atoms. The lowest BCUT2D eigenvalue weighted by Crippen LogP contribution is -2.48. The van der Waals surface area contributed by atoms with E-state index in [1.165, 1.54) is 0 Å². The highest BCUT2D eigenvalue weighted by atomic mass is 79.9. The predicted octanol–water partition coefficient (Wildman–Crippen LogP) is 5.72. The Kier molecular flexibility index (Phi) is 3.96. The first-order chi connectivity index (χ1) is 13.5. The van der Waals surface area contributed by atoms with Crippen molar-refractivity contribution in [3.05, 3.63) is 105 Å². The Balaban J connectivity index is 1.82. The molecule has 0 saturated heterocycles. The van der Waals surface area contributed by atoms with Gasteiger partial charge in [-0.15, -0.1) is 0 Å². The van der Waals surface area contributed by atoms with Crippen LogP contribution in [0.4, 0.5) is 0 Å². The van der Waals surface area contributed by atoms with Gasteiger partial charge in [-0.2, -0.15) is 0 Å². The molecule has 1 N–H and O–H groups in total. The number of halogens is 2. The van der Waals surface area contributed by atoms with Crippen LogP contribution in [-0.4, -0.2) is 10.1 Å². The minimum Gasteiger partial charge on any atom is -0.476 e. The van der Waals surface area contributed by atoms with E-state index in [0.29, 0.717) is 28.5 Å². The van der Waals surface area contributed by atoms with Gasteiger partial charge in [-0.25, -0.2) is 0 Å². The molecule has 0 radical (unpaired) electrons. The maximum atomic E-state index is 12.1. The summed E-state index contributed by atoms with van der Waals surface area (Å²) in [6.07, 6.45) is 2.14. The summed E-state index contributed by atoms with van der Waals surface area (Å²) < 4.78 is 7.55. The zero-order chi connectivity index (χ0) is 19.5. The number of aromatic nitrogens is 1. The maximum Gasteiger partial charge on any atom is 0.179 e. The number of ether oxygens (including phenoxy) is 1. The van der Waals surface area contributed by atoms with E-state index in [-0.39, 0.29) is 5.92 Å². The van der Waals surface area contributed by atoms with E-state index in [4.69, 9.17) is 16.3 Å². The molecule has 2 aliphatic rings. The van der Waals surface area contributed by atoms with Crippen molar-refractivity contribution in [1.29, 1.82) is 0 Å². The lowest BCUT2D eigenvalue weighted by molar-refractivity contribution is -0.0883. The van der Waals surface area contributed by atoms with Crippen molar-refractivity contribution in [3.8, 4) is 5.75 Å². The molecule has 28 heavy (non-hydrogen) atoms. The first-order valence-corrected chi connectivity index (χ1v) is 10.2. The van der Waals surface area contributed by atoms with E-state index < -0.39 is 11.2 Å². The summed E-state index contributed by atoms with van der Waals surface area (Å²) in [5.74, 6) is 0.375. The van der Waals surface area contributed by atoms with Crippen LogP contribution in [0.2, 0.25) is 5.02 Å². The highest BCUT2D eigenvalue weighted by molar-refractivity contribution is 9.10. The van der Waals surface area contributed by atoms with Gasteiger partial charge in [0.15, 0.2) is 11.2 Å². The van der Waals surface area contributed by atoms with Crippen molar-refractivity contribution < 1.29 is 9.84 Å². The van der Waals surface area contributed by atoms with Gasteiger partial charge >= 0.3 is 0 Å². The van der Waals surface area contributed by atoms with Gasteiger partial charge in [0.2, 0.25) is 0 Å². The van der Waals surface area contributed by atoms with E-state index in [1.54, 1.807) is 12.3 Å². The molecule has 1 aliphatic carbocycles. The quantitative estimate of drug-likeness (QED) is 0.504. The molecule has 2 aromatic carbocycles. The fourth-order valence-electron chi connectivity index (χ4n) is 4.69. The van der Waals surface area contributed by atoms with Crippen LogP contribution in [0.3, 0.4) is 0 Å². The topological polar surface area (TPSA) is 42.4 Å². The molecule has 5 heteroatoms. The van der Waals surface area contributed by atoms with Crippen LogP contribution in [0.5, 0.6) is 5.75 Å². The van der Waals surface area contributed by atoms with Crippen LogP contribution >= 0.6 is 27.5 Å². The Bertz CT molecular complexity index is 1090. The van der Waals surface area contributed by atoms with Crippen LogP contribution in [0.25, 0.3) is 0 Å². The SMILES string of the molecule is C=C1C[C@@H](c2ccccc2)[C@]2(c3ccc(Br)cc3)Oc3cc(Cl)cnc3[C@]12O. The first kappa shape index (κ1) is 17.9. The van der Waals surface area contributed by atoms with Gasteiger partial charge in [-0.1, -0.05) is 76.6 Å². The highest BCUT2D eigenvalue weighted by Gasteiger charge is 2.71. The third-order valence-corrected chi connectivity index (χ3v) is 6.63. The van der Waals surface area contributed by atoms with Gasteiger partial charge < -0.3 is 9.84 Å². The second kappa shape index (κ2) is 6.18. The molecular formula is C23H17BrClNO2. The summed E-state index contributed by atoms with van der Waals surface area (Å²) in [7, 11) is 0. The lowest BCUT2D eigenvalue weighted by Gasteiger charge is -2.39. The molecule has 3 aromatic rings. The largest absolute Gasteiger partial charge is 0.476 e. The third kappa shape index (κ3) is 2.22. The van der Waals surface area contributed by atoms with Gasteiger partial charge in [0.1, 0.15) is 11.4 Å². The molecule has 3 atom stereocenters. The van der Waals surface area contributed by atoms with E-state index in [9.17, 15) is 5.11 Å². The Morgan fingerprint density at radius 2 is 1.86 bits per heavy atom. The fraction of sp³-hybridized carbons (Fsp3) is 0.174. The van der Waals surface area contributed by atoms with Crippen LogP contribution < -0.4 is 4.74 Å². The molecule has 0 amide bonds. The number of fused-ring (bicyclic) bond motifs is 3. The second-order valence-electron chi connectivity index (χ2n) is 7.33. The number of hydrogen-bond donors (Lipinski definition) is 1. The molecule has 3 nitrogen and oxygen atoms in total. The summed E-state index contributed by atoms with van der Waals surface area (Å²) in [5.41, 5.74) is 0.621. The summed E-state index contributed by atoms with van der Waals surface area (Å²) in [4.78, 5) is 4.46. The maximum absolute atomic E-state index is 12.1. The minimum atomic E-state index is -1.44. The zero-order valence-electron chi connectivity index (χ0n) is 14.9.